The van der Waals surface area contributed by atoms with Crippen LogP contribution in [0.3, 0.4) is 0 Å². The third-order valence-corrected chi connectivity index (χ3v) is 3.78. The molecule has 0 fully saturated rings. The Kier molecular flexibility index (Phi) is 3.78. The molecule has 8 heteroatoms. The van der Waals surface area contributed by atoms with Crippen LogP contribution in [0.2, 0.25) is 0 Å². The van der Waals surface area contributed by atoms with E-state index in [1.807, 2.05) is 10.8 Å². The van der Waals surface area contributed by atoms with Gasteiger partial charge in [0, 0.05) is 25.5 Å². The van der Waals surface area contributed by atoms with Crippen molar-refractivity contribution < 1.29 is 8.42 Å². The third kappa shape index (κ3) is 3.17. The molecule has 0 aromatic carbocycles. The van der Waals surface area contributed by atoms with Gasteiger partial charge in [0.05, 0.1) is 12.5 Å². The molecule has 0 unspecified atom stereocenters. The Bertz CT molecular complexity index is 588. The Morgan fingerprint density at radius 1 is 1.50 bits per heavy atom. The van der Waals surface area contributed by atoms with E-state index in [1.54, 1.807) is 19.4 Å². The fourth-order valence-electron chi connectivity index (χ4n) is 1.50. The fourth-order valence-corrected chi connectivity index (χ4v) is 2.54. The average Bonchev–Trinajstić information content (AvgIpc) is 2.95. The predicted octanol–water partition coefficient (Wildman–Crippen LogP) is 0.283. The average molecular weight is 269 g/mol. The lowest BCUT2D eigenvalue weighted by Gasteiger charge is -2.05. The van der Waals surface area contributed by atoms with Crippen molar-refractivity contribution in [3.05, 3.63) is 30.7 Å². The van der Waals surface area contributed by atoms with Crippen LogP contribution in [0.5, 0.6) is 0 Å². The van der Waals surface area contributed by atoms with Gasteiger partial charge in [-0.1, -0.05) is 0 Å². The molecule has 0 aliphatic carbocycles. The molecule has 0 aliphatic heterocycles. The lowest BCUT2D eigenvalue weighted by Crippen LogP contribution is -2.25. The van der Waals surface area contributed by atoms with Gasteiger partial charge in [0.25, 0.3) is 10.0 Å². The number of aromatic amines is 1. The summed E-state index contributed by atoms with van der Waals surface area (Å²) in [6.07, 6.45) is 7.24. The van der Waals surface area contributed by atoms with Crippen molar-refractivity contribution in [3.8, 4) is 0 Å². The molecule has 2 rings (SSSR count). The molecule has 7 nitrogen and oxygen atoms in total. The lowest BCUT2D eigenvalue weighted by atomic mass is 10.4. The first-order valence-electron chi connectivity index (χ1n) is 5.55. The first-order chi connectivity index (χ1) is 8.58. The van der Waals surface area contributed by atoms with E-state index >= 15 is 0 Å². The highest BCUT2D eigenvalue weighted by atomic mass is 32.2. The Hall–Kier alpha value is -1.67. The van der Waals surface area contributed by atoms with E-state index in [0.29, 0.717) is 18.8 Å². The van der Waals surface area contributed by atoms with Crippen molar-refractivity contribution in [2.45, 2.75) is 24.9 Å². The van der Waals surface area contributed by atoms with Gasteiger partial charge in [-0.05, 0) is 13.3 Å². The van der Waals surface area contributed by atoms with E-state index < -0.39 is 10.0 Å². The van der Waals surface area contributed by atoms with Gasteiger partial charge >= 0.3 is 0 Å². The Balaban J connectivity index is 1.82. The molecule has 2 aromatic heterocycles. The molecule has 98 valence electrons. The minimum Gasteiger partial charge on any atom is -0.337 e. The highest BCUT2D eigenvalue weighted by Crippen LogP contribution is 2.04. The minimum absolute atomic E-state index is 0.0997. The third-order valence-electron chi connectivity index (χ3n) is 2.41. The van der Waals surface area contributed by atoms with Crippen molar-refractivity contribution >= 4 is 10.0 Å². The first-order valence-corrected chi connectivity index (χ1v) is 7.03. The molecule has 2 aromatic rings. The van der Waals surface area contributed by atoms with Crippen LogP contribution in [-0.2, 0) is 16.6 Å². The molecular formula is C10H15N5O2S. The Morgan fingerprint density at radius 2 is 2.33 bits per heavy atom. The molecule has 0 amide bonds. The molecule has 2 heterocycles. The molecular weight excluding hydrogens is 254 g/mol. The summed E-state index contributed by atoms with van der Waals surface area (Å²) < 4.78 is 28.0. The second kappa shape index (κ2) is 5.32. The normalized spacial score (nSPS) is 11.8. The van der Waals surface area contributed by atoms with Crippen molar-refractivity contribution in [3.63, 3.8) is 0 Å². The highest BCUT2D eigenvalue weighted by Gasteiger charge is 2.15. The van der Waals surface area contributed by atoms with Crippen LogP contribution < -0.4 is 4.72 Å². The van der Waals surface area contributed by atoms with Crippen molar-refractivity contribution in [1.82, 2.24) is 24.2 Å². The van der Waals surface area contributed by atoms with Crippen LogP contribution in [0, 0.1) is 6.92 Å². The summed E-state index contributed by atoms with van der Waals surface area (Å²) in [5.74, 6) is 0.578. The molecule has 2 N–H and O–H groups in total. The van der Waals surface area contributed by atoms with Gasteiger partial charge in [0.15, 0.2) is 5.03 Å². The number of hydrogen-bond donors (Lipinski definition) is 2. The molecule has 0 bridgehead atoms. The van der Waals surface area contributed by atoms with Gasteiger partial charge in [0.1, 0.15) is 5.82 Å². The van der Waals surface area contributed by atoms with Crippen LogP contribution >= 0.6 is 0 Å². The summed E-state index contributed by atoms with van der Waals surface area (Å²) in [5.41, 5.74) is 0. The smallest absolute Gasteiger partial charge is 0.257 e. The Morgan fingerprint density at radius 3 is 2.94 bits per heavy atom. The van der Waals surface area contributed by atoms with Gasteiger partial charge in [-0.15, -0.1) is 0 Å². The SMILES string of the molecule is Cc1ncc(S(=O)(=O)NCCCn2ccnc2)[nH]1. The lowest BCUT2D eigenvalue weighted by molar-refractivity contribution is 0.567. The van der Waals surface area contributed by atoms with Crippen molar-refractivity contribution in [2.24, 2.45) is 0 Å². The summed E-state index contributed by atoms with van der Waals surface area (Å²) in [7, 11) is -3.47. The maximum Gasteiger partial charge on any atom is 0.257 e. The topological polar surface area (TPSA) is 92.7 Å². The molecule has 0 saturated carbocycles. The molecule has 0 saturated heterocycles. The summed E-state index contributed by atoms with van der Waals surface area (Å²) in [5, 5.41) is 0.0997. The molecule has 0 atom stereocenters. The highest BCUT2D eigenvalue weighted by molar-refractivity contribution is 7.89. The minimum atomic E-state index is -3.47. The summed E-state index contributed by atoms with van der Waals surface area (Å²) >= 11 is 0. The zero-order chi connectivity index (χ0) is 13.0. The molecule has 18 heavy (non-hydrogen) atoms. The van der Waals surface area contributed by atoms with Crippen LogP contribution in [0.25, 0.3) is 0 Å². The van der Waals surface area contributed by atoms with E-state index in [4.69, 9.17) is 0 Å². The van der Waals surface area contributed by atoms with Gasteiger partial charge in [-0.25, -0.2) is 23.1 Å². The van der Waals surface area contributed by atoms with Crippen molar-refractivity contribution in [1.29, 1.82) is 0 Å². The summed E-state index contributed by atoms with van der Waals surface area (Å²) in [6.45, 7) is 2.81. The zero-order valence-electron chi connectivity index (χ0n) is 10.00. The number of nitrogens with zero attached hydrogens (tertiary/aromatic N) is 3. The number of nitrogens with one attached hydrogen (secondary N) is 2. The van der Waals surface area contributed by atoms with Crippen LogP contribution in [0.4, 0.5) is 0 Å². The second-order valence-electron chi connectivity index (χ2n) is 3.88. The van der Waals surface area contributed by atoms with Gasteiger partial charge in [0.2, 0.25) is 0 Å². The number of aromatic nitrogens is 4. The van der Waals surface area contributed by atoms with Gasteiger partial charge in [-0.3, -0.25) is 0 Å². The van der Waals surface area contributed by atoms with E-state index in [0.717, 1.165) is 6.54 Å². The maximum absolute atomic E-state index is 11.8. The molecule has 0 spiro atoms. The van der Waals surface area contributed by atoms with E-state index in [2.05, 4.69) is 19.7 Å². The van der Waals surface area contributed by atoms with Crippen molar-refractivity contribution in [2.75, 3.05) is 6.54 Å². The van der Waals surface area contributed by atoms with Crippen LogP contribution in [0.1, 0.15) is 12.2 Å². The number of sulfonamides is 1. The van der Waals surface area contributed by atoms with Crippen LogP contribution in [0.15, 0.2) is 29.9 Å². The first kappa shape index (κ1) is 12.8. The van der Waals surface area contributed by atoms with Crippen LogP contribution in [-0.4, -0.2) is 34.5 Å². The number of H-pyrrole nitrogens is 1. The zero-order valence-corrected chi connectivity index (χ0v) is 10.8. The van der Waals surface area contributed by atoms with Gasteiger partial charge in [-0.2, -0.15) is 0 Å². The monoisotopic (exact) mass is 269 g/mol. The summed E-state index contributed by atoms with van der Waals surface area (Å²) in [4.78, 5) is 10.5. The number of hydrogen-bond acceptors (Lipinski definition) is 4. The predicted molar refractivity (Wildman–Crippen MR) is 65.4 cm³/mol. The van der Waals surface area contributed by atoms with E-state index in [9.17, 15) is 8.42 Å². The second-order valence-corrected chi connectivity index (χ2v) is 5.62. The Labute approximate surface area is 105 Å². The van der Waals surface area contributed by atoms with E-state index in [-0.39, 0.29) is 5.03 Å². The molecule has 0 aliphatic rings. The summed E-state index contributed by atoms with van der Waals surface area (Å²) in [6, 6.07) is 0. The standard InChI is InChI=1S/C10H15N5O2S/c1-9-12-7-10(14-9)18(16,17)13-3-2-5-15-6-4-11-8-15/h4,6-8,13H,2-3,5H2,1H3,(H,12,14). The fraction of sp³-hybridized carbons (Fsp3) is 0.400. The van der Waals surface area contributed by atoms with Gasteiger partial charge < -0.3 is 9.55 Å². The quantitative estimate of drug-likeness (QED) is 0.737. The maximum atomic E-state index is 11.8. The van der Waals surface area contributed by atoms with E-state index in [1.165, 1.54) is 6.20 Å². The number of imidazole rings is 2. The molecule has 0 radical (unpaired) electrons. The largest absolute Gasteiger partial charge is 0.337 e. The number of rotatable bonds is 6. The number of aryl methyl sites for hydroxylation is 2.